The molecule has 2 aromatic heterocycles. The molecular formula is C17H22N4O3. The molecule has 2 aromatic rings. The van der Waals surface area contributed by atoms with E-state index in [0.717, 1.165) is 18.5 Å². The van der Waals surface area contributed by atoms with Crippen LogP contribution < -0.4 is 5.32 Å². The molecule has 3 rings (SSSR count). The predicted octanol–water partition coefficient (Wildman–Crippen LogP) is 1.93. The fraction of sp³-hybridized carbons (Fsp3) is 0.529. The van der Waals surface area contributed by atoms with Crippen molar-refractivity contribution in [3.05, 3.63) is 23.0 Å². The summed E-state index contributed by atoms with van der Waals surface area (Å²) >= 11 is 0. The Morgan fingerprint density at radius 1 is 1.42 bits per heavy atom. The van der Waals surface area contributed by atoms with Gasteiger partial charge in [0.25, 0.3) is 0 Å². The predicted molar refractivity (Wildman–Crippen MR) is 88.9 cm³/mol. The van der Waals surface area contributed by atoms with Crippen LogP contribution in [0.15, 0.2) is 6.07 Å². The zero-order chi connectivity index (χ0) is 17.4. The molecule has 0 aliphatic heterocycles. The Balaban J connectivity index is 2.12. The normalized spacial score (nSPS) is 14.2. The van der Waals surface area contributed by atoms with Crippen molar-refractivity contribution in [2.24, 2.45) is 0 Å². The van der Waals surface area contributed by atoms with Crippen LogP contribution in [0.3, 0.4) is 0 Å². The van der Waals surface area contributed by atoms with Gasteiger partial charge in [0.2, 0.25) is 5.91 Å². The first kappa shape index (κ1) is 16.4. The highest BCUT2D eigenvalue weighted by Crippen LogP contribution is 2.43. The third-order valence-electron chi connectivity index (χ3n) is 3.97. The zero-order valence-corrected chi connectivity index (χ0v) is 14.4. The van der Waals surface area contributed by atoms with E-state index in [1.165, 1.54) is 7.11 Å². The summed E-state index contributed by atoms with van der Waals surface area (Å²) in [6, 6.07) is 1.78. The fourth-order valence-electron chi connectivity index (χ4n) is 2.85. The van der Waals surface area contributed by atoms with Crippen LogP contribution in [0.2, 0.25) is 0 Å². The van der Waals surface area contributed by atoms with Crippen LogP contribution in [0.25, 0.3) is 11.0 Å². The number of carbonyl (C=O) groups excluding carboxylic acids is 2. The lowest BCUT2D eigenvalue weighted by molar-refractivity contribution is -0.122. The Morgan fingerprint density at radius 3 is 2.71 bits per heavy atom. The van der Waals surface area contributed by atoms with E-state index >= 15 is 0 Å². The van der Waals surface area contributed by atoms with Gasteiger partial charge in [0.15, 0.2) is 5.65 Å². The van der Waals surface area contributed by atoms with Gasteiger partial charge >= 0.3 is 5.97 Å². The minimum atomic E-state index is -0.404. The van der Waals surface area contributed by atoms with Crippen molar-refractivity contribution in [3.8, 4) is 0 Å². The van der Waals surface area contributed by atoms with Gasteiger partial charge in [-0.2, -0.15) is 5.10 Å². The van der Waals surface area contributed by atoms with Crippen molar-refractivity contribution in [1.29, 1.82) is 0 Å². The van der Waals surface area contributed by atoms with E-state index in [1.807, 2.05) is 20.8 Å². The van der Waals surface area contributed by atoms with E-state index < -0.39 is 5.97 Å². The van der Waals surface area contributed by atoms with Crippen LogP contribution in [0.1, 0.15) is 54.4 Å². The number of carbonyl (C=O) groups is 2. The summed E-state index contributed by atoms with van der Waals surface area (Å²) in [4.78, 5) is 28.8. The first-order chi connectivity index (χ1) is 11.4. The summed E-state index contributed by atoms with van der Waals surface area (Å²) in [5.74, 6) is -0.201. The number of hydrogen-bond acceptors (Lipinski definition) is 5. The number of esters is 1. The summed E-state index contributed by atoms with van der Waals surface area (Å²) in [6.07, 6.45) is 2.08. The number of nitrogens with zero attached hydrogens (tertiary/aromatic N) is 3. The molecule has 0 bridgehead atoms. The van der Waals surface area contributed by atoms with E-state index in [9.17, 15) is 9.59 Å². The van der Waals surface area contributed by atoms with Crippen molar-refractivity contribution >= 4 is 22.9 Å². The number of fused-ring (bicyclic) bond motifs is 1. The molecule has 1 N–H and O–H groups in total. The number of methoxy groups -OCH3 is 1. The highest BCUT2D eigenvalue weighted by molar-refractivity contribution is 6.04. The van der Waals surface area contributed by atoms with Gasteiger partial charge < -0.3 is 10.1 Å². The van der Waals surface area contributed by atoms with Crippen LogP contribution in [-0.4, -0.2) is 39.8 Å². The lowest BCUT2D eigenvalue weighted by atomic mass is 10.1. The number of nitrogens with one attached hydrogen (secondary N) is 1. The van der Waals surface area contributed by atoms with Crippen LogP contribution >= 0.6 is 0 Å². The first-order valence-electron chi connectivity index (χ1n) is 8.16. The molecule has 0 saturated heterocycles. The number of ether oxygens (including phenoxy) is 1. The van der Waals surface area contributed by atoms with Gasteiger partial charge in [-0.3, -0.25) is 4.79 Å². The van der Waals surface area contributed by atoms with Crippen molar-refractivity contribution in [1.82, 2.24) is 20.1 Å². The monoisotopic (exact) mass is 330 g/mol. The minimum Gasteiger partial charge on any atom is -0.465 e. The van der Waals surface area contributed by atoms with Crippen LogP contribution in [0.4, 0.5) is 0 Å². The van der Waals surface area contributed by atoms with E-state index in [0.29, 0.717) is 28.2 Å². The molecule has 7 nitrogen and oxygen atoms in total. The summed E-state index contributed by atoms with van der Waals surface area (Å²) in [5, 5.41) is 8.17. The Labute approximate surface area is 140 Å². The summed E-state index contributed by atoms with van der Waals surface area (Å²) in [5.41, 5.74) is 2.57. The molecule has 0 unspecified atom stereocenters. The second-order valence-corrected chi connectivity index (χ2v) is 6.54. The van der Waals surface area contributed by atoms with Gasteiger partial charge in [0.1, 0.15) is 6.54 Å². The minimum absolute atomic E-state index is 0.0579. The van der Waals surface area contributed by atoms with Crippen molar-refractivity contribution in [2.75, 3.05) is 7.11 Å². The molecule has 1 saturated carbocycles. The van der Waals surface area contributed by atoms with Gasteiger partial charge in [-0.05, 0) is 39.7 Å². The Morgan fingerprint density at radius 2 is 2.12 bits per heavy atom. The fourth-order valence-corrected chi connectivity index (χ4v) is 2.85. The highest BCUT2D eigenvalue weighted by atomic mass is 16.5. The van der Waals surface area contributed by atoms with Crippen molar-refractivity contribution < 1.29 is 14.3 Å². The van der Waals surface area contributed by atoms with Gasteiger partial charge in [-0.25, -0.2) is 14.5 Å². The molecule has 1 aliphatic carbocycles. The van der Waals surface area contributed by atoms with E-state index in [4.69, 9.17) is 4.74 Å². The van der Waals surface area contributed by atoms with Gasteiger partial charge in [-0.15, -0.1) is 0 Å². The standard InChI is InChI=1S/C17H22N4O3/c1-9(2)18-13(22)8-21-16-14(15(20-21)11-5-6-11)12(17(23)24-4)7-10(3)19-16/h7,9,11H,5-6,8H2,1-4H3,(H,18,22). The number of aryl methyl sites for hydroxylation is 1. The van der Waals surface area contributed by atoms with E-state index in [2.05, 4.69) is 15.4 Å². The molecule has 24 heavy (non-hydrogen) atoms. The molecule has 0 radical (unpaired) electrons. The summed E-state index contributed by atoms with van der Waals surface area (Å²) < 4.78 is 6.51. The Bertz CT molecular complexity index is 806. The first-order valence-corrected chi connectivity index (χ1v) is 8.16. The number of rotatable bonds is 5. The Kier molecular flexibility index (Phi) is 4.26. The van der Waals surface area contributed by atoms with Crippen LogP contribution in [0, 0.1) is 6.92 Å². The van der Waals surface area contributed by atoms with Gasteiger partial charge in [-0.1, -0.05) is 0 Å². The van der Waals surface area contributed by atoms with Crippen molar-refractivity contribution in [3.63, 3.8) is 0 Å². The highest BCUT2D eigenvalue weighted by Gasteiger charge is 2.32. The maximum atomic E-state index is 12.2. The number of aromatic nitrogens is 3. The molecule has 7 heteroatoms. The number of amides is 1. The Hall–Kier alpha value is -2.44. The smallest absolute Gasteiger partial charge is 0.338 e. The van der Waals surface area contributed by atoms with E-state index in [1.54, 1.807) is 10.7 Å². The average Bonchev–Trinajstić information content (AvgIpc) is 3.29. The zero-order valence-electron chi connectivity index (χ0n) is 14.4. The van der Waals surface area contributed by atoms with Crippen LogP contribution in [0.5, 0.6) is 0 Å². The molecule has 2 heterocycles. The lowest BCUT2D eigenvalue weighted by Crippen LogP contribution is -2.33. The number of pyridine rings is 1. The molecule has 128 valence electrons. The third kappa shape index (κ3) is 3.11. The van der Waals surface area contributed by atoms with Crippen LogP contribution in [-0.2, 0) is 16.1 Å². The topological polar surface area (TPSA) is 86.1 Å². The molecule has 1 aliphatic rings. The lowest BCUT2D eigenvalue weighted by Gasteiger charge is -2.09. The second kappa shape index (κ2) is 6.22. The van der Waals surface area contributed by atoms with E-state index in [-0.39, 0.29) is 18.5 Å². The largest absolute Gasteiger partial charge is 0.465 e. The molecule has 0 spiro atoms. The summed E-state index contributed by atoms with van der Waals surface area (Å²) in [6.45, 7) is 5.71. The molecule has 0 aromatic carbocycles. The van der Waals surface area contributed by atoms with Gasteiger partial charge in [0, 0.05) is 17.7 Å². The SMILES string of the molecule is COC(=O)c1cc(C)nc2c1c(C1CC1)nn2CC(=O)NC(C)C. The van der Waals surface area contributed by atoms with Gasteiger partial charge in [0.05, 0.1) is 23.8 Å². The van der Waals surface area contributed by atoms with Crippen molar-refractivity contribution in [2.45, 2.75) is 52.1 Å². The maximum Gasteiger partial charge on any atom is 0.338 e. The molecule has 0 atom stereocenters. The second-order valence-electron chi connectivity index (χ2n) is 6.54. The quantitative estimate of drug-likeness (QED) is 0.847. The molecular weight excluding hydrogens is 308 g/mol. The average molecular weight is 330 g/mol. The number of hydrogen-bond donors (Lipinski definition) is 1. The molecule has 1 amide bonds. The molecule has 1 fully saturated rings. The third-order valence-corrected chi connectivity index (χ3v) is 3.97. The maximum absolute atomic E-state index is 12.2. The summed E-state index contributed by atoms with van der Waals surface area (Å²) in [7, 11) is 1.36.